The lowest BCUT2D eigenvalue weighted by Crippen LogP contribution is -2.36. The van der Waals surface area contributed by atoms with Gasteiger partial charge in [0.15, 0.2) is 0 Å². The van der Waals surface area contributed by atoms with Gasteiger partial charge in [-0.1, -0.05) is 147 Å². The summed E-state index contributed by atoms with van der Waals surface area (Å²) >= 11 is 0. The van der Waals surface area contributed by atoms with E-state index in [0.29, 0.717) is 6.42 Å². The highest BCUT2D eigenvalue weighted by Gasteiger charge is 2.16. The standard InChI is InChI=1S/C41H77N3O.CH4O4S/c1-3-5-7-9-11-13-15-17-19-21-22-24-26-28-30-32-34-40-42-36-38-44(40)39-37-43-41(45)35-33-31-29-27-25-23-20-18-16-14-12-10-8-6-4-2;1-5-6(2,3)4/h17-20H,3-16,21-39H2,1-2H3,(H,43,45);1H3,(H,2,3,4)/b19-17-,20-18-;. The predicted molar refractivity (Wildman–Crippen MR) is 219 cm³/mol. The zero-order valence-electron chi connectivity index (χ0n) is 33.5. The fraction of sp³-hybridized carbons (Fsp3) is 0.857. The number of nitrogens with one attached hydrogen (secondary N) is 1. The Hall–Kier alpha value is -1.71. The predicted octanol–water partition coefficient (Wildman–Crippen LogP) is 11.7. The topological polar surface area (TPSA) is 108 Å². The molecule has 0 aromatic rings. The van der Waals surface area contributed by atoms with Crippen molar-refractivity contribution in [3.63, 3.8) is 0 Å². The van der Waals surface area contributed by atoms with E-state index in [-0.39, 0.29) is 5.91 Å². The van der Waals surface area contributed by atoms with Crippen LogP contribution >= 0.6 is 0 Å². The lowest BCUT2D eigenvalue weighted by atomic mass is 10.1. The summed E-state index contributed by atoms with van der Waals surface area (Å²) < 4.78 is 29.7. The molecule has 0 saturated carbocycles. The normalized spacial score (nSPS) is 13.3. The Labute approximate surface area is 316 Å². The summed E-state index contributed by atoms with van der Waals surface area (Å²) in [4.78, 5) is 19.5. The van der Waals surface area contributed by atoms with Crippen molar-refractivity contribution in [2.75, 3.05) is 33.3 Å². The van der Waals surface area contributed by atoms with Crippen LogP contribution in [-0.2, 0) is 19.4 Å². The third kappa shape index (κ3) is 37.8. The molecule has 0 bridgehead atoms. The number of carbonyl (C=O) groups is 1. The highest BCUT2D eigenvalue weighted by atomic mass is 32.3. The summed E-state index contributed by atoms with van der Waals surface area (Å²) in [6.07, 6.45) is 47.1. The molecule has 0 atom stereocenters. The molecule has 8 nitrogen and oxygen atoms in total. The van der Waals surface area contributed by atoms with Crippen LogP contribution in [0, 0.1) is 0 Å². The van der Waals surface area contributed by atoms with E-state index in [2.05, 4.69) is 52.6 Å². The zero-order valence-corrected chi connectivity index (χ0v) is 34.3. The Bertz CT molecular complexity index is 968. The highest BCUT2D eigenvalue weighted by Crippen LogP contribution is 2.14. The summed E-state index contributed by atoms with van der Waals surface area (Å²) in [5, 5.41) is 3.15. The monoisotopic (exact) mass is 740 g/mol. The third-order valence-corrected chi connectivity index (χ3v) is 9.94. The largest absolute Gasteiger partial charge is 0.397 e. The Kier molecular flexibility index (Phi) is 36.8. The van der Waals surface area contributed by atoms with Crippen molar-refractivity contribution in [1.82, 2.24) is 10.2 Å². The van der Waals surface area contributed by atoms with Gasteiger partial charge < -0.3 is 10.2 Å². The van der Waals surface area contributed by atoms with E-state index >= 15 is 0 Å². The molecule has 51 heavy (non-hydrogen) atoms. The number of allylic oxidation sites excluding steroid dienone is 4. The number of aliphatic imine (C=N–C) groups is 1. The van der Waals surface area contributed by atoms with Gasteiger partial charge in [-0.05, 0) is 64.2 Å². The van der Waals surface area contributed by atoms with E-state index in [1.165, 1.54) is 173 Å². The Morgan fingerprint density at radius 2 is 1.08 bits per heavy atom. The van der Waals surface area contributed by atoms with Crippen molar-refractivity contribution < 1.29 is 21.9 Å². The van der Waals surface area contributed by atoms with Crippen molar-refractivity contribution in [3.8, 4) is 0 Å². The minimum atomic E-state index is -4.16. The molecule has 0 radical (unpaired) electrons. The maximum absolute atomic E-state index is 12.3. The van der Waals surface area contributed by atoms with E-state index in [0.717, 1.165) is 46.1 Å². The summed E-state index contributed by atoms with van der Waals surface area (Å²) in [6.45, 7) is 8.16. The van der Waals surface area contributed by atoms with Gasteiger partial charge in [-0.3, -0.25) is 18.5 Å². The molecule has 0 saturated heterocycles. The number of amidine groups is 1. The van der Waals surface area contributed by atoms with Crippen LogP contribution in [0.2, 0.25) is 0 Å². The molecule has 0 aromatic heterocycles. The molecular weight excluding hydrogens is 659 g/mol. The highest BCUT2D eigenvalue weighted by molar-refractivity contribution is 7.80. The molecule has 1 amide bonds. The average molecular weight is 740 g/mol. The number of unbranched alkanes of at least 4 members (excludes halogenated alkanes) is 23. The molecule has 300 valence electrons. The number of amides is 1. The van der Waals surface area contributed by atoms with Crippen LogP contribution in [0.25, 0.3) is 0 Å². The van der Waals surface area contributed by atoms with Crippen LogP contribution in [0.4, 0.5) is 0 Å². The van der Waals surface area contributed by atoms with E-state index < -0.39 is 10.4 Å². The van der Waals surface area contributed by atoms with Gasteiger partial charge in [-0.15, -0.1) is 0 Å². The molecule has 2 N–H and O–H groups in total. The Balaban J connectivity index is 0.00000381. The van der Waals surface area contributed by atoms with E-state index in [1.54, 1.807) is 0 Å². The van der Waals surface area contributed by atoms with Crippen LogP contribution in [-0.4, -0.2) is 62.9 Å². The Morgan fingerprint density at radius 3 is 1.51 bits per heavy atom. The zero-order chi connectivity index (χ0) is 37.5. The number of hydrogen-bond acceptors (Lipinski definition) is 6. The first kappa shape index (κ1) is 49.3. The lowest BCUT2D eigenvalue weighted by Gasteiger charge is -2.20. The van der Waals surface area contributed by atoms with Gasteiger partial charge in [0.2, 0.25) is 5.91 Å². The second-order valence-corrected chi connectivity index (χ2v) is 15.4. The molecule has 1 aliphatic rings. The van der Waals surface area contributed by atoms with Crippen molar-refractivity contribution in [2.24, 2.45) is 4.99 Å². The fourth-order valence-electron chi connectivity index (χ4n) is 6.31. The second kappa shape index (κ2) is 38.0. The first-order valence-electron chi connectivity index (χ1n) is 21.2. The molecule has 0 aromatic carbocycles. The van der Waals surface area contributed by atoms with Crippen molar-refractivity contribution in [2.45, 2.75) is 200 Å². The van der Waals surface area contributed by atoms with Gasteiger partial charge in [0, 0.05) is 32.5 Å². The van der Waals surface area contributed by atoms with Crippen LogP contribution < -0.4 is 5.32 Å². The van der Waals surface area contributed by atoms with Crippen LogP contribution in [0.1, 0.15) is 200 Å². The van der Waals surface area contributed by atoms with Crippen molar-refractivity contribution in [1.29, 1.82) is 0 Å². The minimum Gasteiger partial charge on any atom is -0.357 e. The molecule has 0 spiro atoms. The van der Waals surface area contributed by atoms with Crippen molar-refractivity contribution in [3.05, 3.63) is 24.3 Å². The van der Waals surface area contributed by atoms with Gasteiger partial charge in [0.05, 0.1) is 19.5 Å². The summed E-state index contributed by atoms with van der Waals surface area (Å²) in [7, 11) is -3.29. The number of nitrogens with zero attached hydrogens (tertiary/aromatic N) is 2. The molecule has 1 rings (SSSR count). The van der Waals surface area contributed by atoms with E-state index in [9.17, 15) is 13.2 Å². The third-order valence-electron chi connectivity index (χ3n) is 9.52. The lowest BCUT2D eigenvalue weighted by molar-refractivity contribution is -0.121. The summed E-state index contributed by atoms with van der Waals surface area (Å²) in [5.74, 6) is 1.50. The maximum atomic E-state index is 12.3. The average Bonchev–Trinajstić information content (AvgIpc) is 3.56. The molecule has 1 aliphatic heterocycles. The Morgan fingerprint density at radius 1 is 0.686 bits per heavy atom. The number of hydrogen-bond donors (Lipinski definition) is 2. The molecule has 0 unspecified atom stereocenters. The van der Waals surface area contributed by atoms with E-state index in [4.69, 9.17) is 9.55 Å². The van der Waals surface area contributed by atoms with Gasteiger partial charge in [-0.2, -0.15) is 8.42 Å². The summed E-state index contributed by atoms with van der Waals surface area (Å²) in [6, 6.07) is 0. The van der Waals surface area contributed by atoms with Crippen LogP contribution in [0.3, 0.4) is 0 Å². The van der Waals surface area contributed by atoms with Crippen LogP contribution in [0.15, 0.2) is 29.3 Å². The molecule has 1 heterocycles. The smallest absolute Gasteiger partial charge is 0.357 e. The molecule has 9 heteroatoms. The first-order chi connectivity index (χ1) is 24.8. The fourth-order valence-corrected chi connectivity index (χ4v) is 6.31. The summed E-state index contributed by atoms with van der Waals surface area (Å²) in [5.41, 5.74) is 0. The molecule has 0 fully saturated rings. The molecule has 0 aliphatic carbocycles. The van der Waals surface area contributed by atoms with Crippen molar-refractivity contribution >= 4 is 22.1 Å². The van der Waals surface area contributed by atoms with Gasteiger partial charge in [0.1, 0.15) is 0 Å². The van der Waals surface area contributed by atoms with Gasteiger partial charge in [0.25, 0.3) is 0 Å². The minimum absolute atomic E-state index is 0.221. The van der Waals surface area contributed by atoms with Gasteiger partial charge >= 0.3 is 10.4 Å². The SMILES string of the molecule is CCCCCCCC/C=C\CCCCCCCCC1=NCCN1CCNC(=O)CCCCCCC/C=C\CCCCCCCC.COS(=O)(=O)O. The molecular formula is C42H81N3O5S. The van der Waals surface area contributed by atoms with Gasteiger partial charge in [-0.25, -0.2) is 0 Å². The quantitative estimate of drug-likeness (QED) is 0.0380. The van der Waals surface area contributed by atoms with Crippen LogP contribution in [0.5, 0.6) is 0 Å². The number of rotatable bonds is 35. The van der Waals surface area contributed by atoms with E-state index in [1.807, 2.05) is 0 Å². The first-order valence-corrected chi connectivity index (χ1v) is 22.6. The maximum Gasteiger partial charge on any atom is 0.397 e. The second-order valence-electron chi connectivity index (χ2n) is 14.3. The number of carbonyl (C=O) groups excluding carboxylic acids is 1.